The Morgan fingerprint density at radius 2 is 1.42 bits per heavy atom. The predicted molar refractivity (Wildman–Crippen MR) is 133 cm³/mol. The zero-order chi connectivity index (χ0) is 24.3. The van der Waals surface area contributed by atoms with Crippen LogP contribution in [-0.2, 0) is 14.8 Å². The van der Waals surface area contributed by atoms with E-state index in [-0.39, 0.29) is 16.5 Å². The van der Waals surface area contributed by atoms with E-state index in [1.165, 1.54) is 42.5 Å². The van der Waals surface area contributed by atoms with Gasteiger partial charge in [0.15, 0.2) is 6.10 Å². The van der Waals surface area contributed by atoms with E-state index in [0.717, 1.165) is 11.1 Å². The van der Waals surface area contributed by atoms with Gasteiger partial charge in [0.1, 0.15) is 5.75 Å². The topological polar surface area (TPSA) is 84.5 Å². The van der Waals surface area contributed by atoms with Crippen LogP contribution >= 0.6 is 34.8 Å². The van der Waals surface area contributed by atoms with Crippen molar-refractivity contribution in [3.05, 3.63) is 80.8 Å². The Bertz CT molecular complexity index is 1250. The van der Waals surface area contributed by atoms with E-state index in [4.69, 9.17) is 39.5 Å². The molecule has 10 heteroatoms. The second-order valence-electron chi connectivity index (χ2n) is 7.41. The zero-order valence-corrected chi connectivity index (χ0v) is 21.0. The monoisotopic (exact) mass is 526 g/mol. The third kappa shape index (κ3) is 6.54. The molecule has 0 aliphatic heterocycles. The lowest BCUT2D eigenvalue weighted by atomic mass is 10.1. The molecule has 0 fully saturated rings. The van der Waals surface area contributed by atoms with E-state index < -0.39 is 16.1 Å². The Balaban J connectivity index is 1.66. The number of rotatable bonds is 7. The molecule has 0 saturated heterocycles. The van der Waals surface area contributed by atoms with Crippen molar-refractivity contribution in [3.8, 4) is 5.75 Å². The van der Waals surface area contributed by atoms with Crippen LogP contribution < -0.4 is 14.8 Å². The fraction of sp³-hybridized carbons (Fsp3) is 0.174. The van der Waals surface area contributed by atoms with E-state index in [0.29, 0.717) is 26.5 Å². The molecular weight excluding hydrogens is 507 g/mol. The Morgan fingerprint density at radius 1 is 0.879 bits per heavy atom. The van der Waals surface area contributed by atoms with Crippen molar-refractivity contribution in [1.29, 1.82) is 0 Å². The third-order valence-electron chi connectivity index (χ3n) is 4.64. The summed E-state index contributed by atoms with van der Waals surface area (Å²) in [6.45, 7) is 5.34. The lowest BCUT2D eigenvalue weighted by Crippen LogP contribution is -2.30. The number of halogens is 3. The molecule has 0 spiro atoms. The molecule has 174 valence electrons. The van der Waals surface area contributed by atoms with Gasteiger partial charge in [-0.1, -0.05) is 34.8 Å². The van der Waals surface area contributed by atoms with Gasteiger partial charge in [-0.2, -0.15) is 0 Å². The van der Waals surface area contributed by atoms with Gasteiger partial charge < -0.3 is 10.1 Å². The van der Waals surface area contributed by atoms with Gasteiger partial charge >= 0.3 is 0 Å². The normalized spacial score (nSPS) is 12.2. The van der Waals surface area contributed by atoms with Crippen LogP contribution in [0.1, 0.15) is 18.1 Å². The van der Waals surface area contributed by atoms with Crippen molar-refractivity contribution in [3.63, 3.8) is 0 Å². The number of amides is 1. The summed E-state index contributed by atoms with van der Waals surface area (Å²) < 4.78 is 33.4. The highest BCUT2D eigenvalue weighted by Gasteiger charge is 2.18. The number of ether oxygens (including phenoxy) is 1. The molecule has 0 aliphatic rings. The van der Waals surface area contributed by atoms with Gasteiger partial charge in [-0.05, 0) is 86.5 Å². The van der Waals surface area contributed by atoms with Crippen LogP contribution in [0.5, 0.6) is 5.75 Å². The van der Waals surface area contributed by atoms with Crippen LogP contribution in [0.15, 0.2) is 59.5 Å². The maximum atomic E-state index is 12.6. The first-order chi connectivity index (χ1) is 15.4. The number of benzene rings is 3. The number of carbonyl (C=O) groups excluding carboxylic acids is 1. The van der Waals surface area contributed by atoms with Crippen LogP contribution in [0.4, 0.5) is 11.4 Å². The summed E-state index contributed by atoms with van der Waals surface area (Å²) in [4.78, 5) is 12.5. The van der Waals surface area contributed by atoms with Crippen LogP contribution in [0.3, 0.4) is 0 Å². The molecule has 2 N–H and O–H groups in total. The van der Waals surface area contributed by atoms with Gasteiger partial charge in [-0.3, -0.25) is 9.52 Å². The van der Waals surface area contributed by atoms with Crippen LogP contribution in [0, 0.1) is 13.8 Å². The smallest absolute Gasteiger partial charge is 0.265 e. The van der Waals surface area contributed by atoms with Crippen LogP contribution in [0.2, 0.25) is 15.1 Å². The minimum atomic E-state index is -3.88. The number of hydrogen-bond donors (Lipinski definition) is 2. The Labute approximate surface area is 207 Å². The minimum Gasteiger partial charge on any atom is -0.481 e. The van der Waals surface area contributed by atoms with Gasteiger partial charge in [-0.25, -0.2) is 8.42 Å². The van der Waals surface area contributed by atoms with Crippen molar-refractivity contribution >= 4 is 62.1 Å². The molecule has 1 atom stereocenters. The maximum Gasteiger partial charge on any atom is 0.265 e. The van der Waals surface area contributed by atoms with Crippen molar-refractivity contribution in [2.24, 2.45) is 0 Å². The molecule has 3 aromatic rings. The average molecular weight is 528 g/mol. The van der Waals surface area contributed by atoms with Crippen molar-refractivity contribution in [1.82, 2.24) is 0 Å². The minimum absolute atomic E-state index is 0.00742. The van der Waals surface area contributed by atoms with Crippen molar-refractivity contribution < 1.29 is 17.9 Å². The summed E-state index contributed by atoms with van der Waals surface area (Å²) in [6, 6.07) is 13.6. The molecule has 1 amide bonds. The van der Waals surface area contributed by atoms with Gasteiger partial charge in [0.05, 0.1) is 10.6 Å². The van der Waals surface area contributed by atoms with Crippen LogP contribution in [-0.4, -0.2) is 20.4 Å². The number of aryl methyl sites for hydroxylation is 2. The molecule has 0 bridgehead atoms. The molecule has 3 aromatic carbocycles. The lowest BCUT2D eigenvalue weighted by Gasteiger charge is -2.16. The molecule has 0 aliphatic carbocycles. The fourth-order valence-corrected chi connectivity index (χ4v) is 4.70. The fourth-order valence-electron chi connectivity index (χ4n) is 3.02. The highest BCUT2D eigenvalue weighted by atomic mass is 35.5. The van der Waals surface area contributed by atoms with Crippen molar-refractivity contribution in [2.45, 2.75) is 31.8 Å². The van der Waals surface area contributed by atoms with Gasteiger partial charge in [0.25, 0.3) is 15.9 Å². The first-order valence-corrected chi connectivity index (χ1v) is 12.4. The number of anilines is 2. The molecule has 3 rings (SSSR count). The highest BCUT2D eigenvalue weighted by Crippen LogP contribution is 2.27. The molecule has 0 radical (unpaired) electrons. The summed E-state index contributed by atoms with van der Waals surface area (Å²) in [5.41, 5.74) is 2.36. The summed E-state index contributed by atoms with van der Waals surface area (Å²) in [7, 11) is -3.88. The van der Waals surface area contributed by atoms with E-state index >= 15 is 0 Å². The highest BCUT2D eigenvalue weighted by molar-refractivity contribution is 7.92. The van der Waals surface area contributed by atoms with E-state index in [9.17, 15) is 13.2 Å². The molecular formula is C23H21Cl3N2O4S. The second-order valence-corrected chi connectivity index (χ2v) is 10.3. The van der Waals surface area contributed by atoms with Crippen molar-refractivity contribution in [2.75, 3.05) is 10.0 Å². The van der Waals surface area contributed by atoms with Crippen LogP contribution in [0.25, 0.3) is 0 Å². The predicted octanol–water partition coefficient (Wildman–Crippen LogP) is 6.47. The van der Waals surface area contributed by atoms with E-state index in [2.05, 4.69) is 10.0 Å². The zero-order valence-electron chi connectivity index (χ0n) is 17.9. The summed E-state index contributed by atoms with van der Waals surface area (Å²) >= 11 is 18.0. The Kier molecular flexibility index (Phi) is 7.80. The van der Waals surface area contributed by atoms with Gasteiger partial charge in [0, 0.05) is 20.8 Å². The number of carbonyl (C=O) groups is 1. The maximum absolute atomic E-state index is 12.6. The molecule has 0 aromatic heterocycles. The number of hydrogen-bond acceptors (Lipinski definition) is 4. The largest absolute Gasteiger partial charge is 0.481 e. The number of sulfonamides is 1. The lowest BCUT2D eigenvalue weighted by molar-refractivity contribution is -0.122. The summed E-state index contributed by atoms with van der Waals surface area (Å²) in [6.07, 6.45) is -0.789. The molecule has 0 unspecified atom stereocenters. The SMILES string of the molecule is Cc1cc(O[C@H](C)C(=O)Nc2ccc(S(=O)(=O)Nc3cc(Cl)cc(Cl)c3)cc2)cc(C)c1Cl. The standard InChI is InChI=1S/C23H21Cl3N2O4S/c1-13-8-20(9-14(2)22(13)26)32-15(3)23(29)27-18-4-6-21(7-5-18)33(30,31)28-19-11-16(24)10-17(25)12-19/h4-12,15,28H,1-3H3,(H,27,29)/t15-/m1/s1. The van der Waals surface area contributed by atoms with E-state index in [1.807, 2.05) is 13.8 Å². The molecule has 0 heterocycles. The second kappa shape index (κ2) is 10.2. The summed E-state index contributed by atoms with van der Waals surface area (Å²) in [5.74, 6) is 0.147. The summed E-state index contributed by atoms with van der Waals surface area (Å²) in [5, 5.41) is 3.97. The third-order valence-corrected chi connectivity index (χ3v) is 7.07. The molecule has 33 heavy (non-hydrogen) atoms. The Morgan fingerprint density at radius 3 is 1.97 bits per heavy atom. The Hall–Kier alpha value is -2.45. The average Bonchev–Trinajstić information content (AvgIpc) is 2.71. The first kappa shape index (κ1) is 25.2. The van der Waals surface area contributed by atoms with Gasteiger partial charge in [-0.15, -0.1) is 0 Å². The number of nitrogens with one attached hydrogen (secondary N) is 2. The van der Waals surface area contributed by atoms with Gasteiger partial charge in [0.2, 0.25) is 0 Å². The first-order valence-electron chi connectivity index (χ1n) is 9.78. The quantitative estimate of drug-likeness (QED) is 0.369. The molecule has 6 nitrogen and oxygen atoms in total. The molecule has 0 saturated carbocycles. The van der Waals surface area contributed by atoms with E-state index in [1.54, 1.807) is 19.1 Å².